The van der Waals surface area contributed by atoms with Crippen LogP contribution in [-0.4, -0.2) is 31.0 Å². The molecule has 2 heterocycles. The van der Waals surface area contributed by atoms with E-state index in [1.165, 1.54) is 0 Å². The highest BCUT2D eigenvalue weighted by Gasteiger charge is 2.16. The van der Waals surface area contributed by atoms with Crippen molar-refractivity contribution in [3.63, 3.8) is 0 Å². The number of rotatable bonds is 3. The predicted octanol–water partition coefficient (Wildman–Crippen LogP) is 1.61. The van der Waals surface area contributed by atoms with E-state index in [9.17, 15) is 0 Å². The molecule has 5 nitrogen and oxygen atoms in total. The number of oxazole rings is 1. The Morgan fingerprint density at radius 2 is 2.31 bits per heavy atom. The summed E-state index contributed by atoms with van der Waals surface area (Å²) in [4.78, 5) is 4.30. The van der Waals surface area contributed by atoms with Gasteiger partial charge < -0.3 is 19.2 Å². The van der Waals surface area contributed by atoms with Gasteiger partial charge in [0, 0.05) is 6.54 Å². The SMILES string of the molecule is c1ccc2oc(NCC3COCO3)nc2c1. The van der Waals surface area contributed by atoms with E-state index in [4.69, 9.17) is 13.9 Å². The Kier molecular flexibility index (Phi) is 2.47. The molecule has 0 bridgehead atoms. The molecule has 2 aromatic rings. The van der Waals surface area contributed by atoms with Crippen LogP contribution >= 0.6 is 0 Å². The summed E-state index contributed by atoms with van der Waals surface area (Å²) in [6.07, 6.45) is 0.0787. The van der Waals surface area contributed by atoms with Gasteiger partial charge in [-0.25, -0.2) is 0 Å². The maximum absolute atomic E-state index is 5.51. The van der Waals surface area contributed by atoms with Gasteiger partial charge in [-0.1, -0.05) is 12.1 Å². The molecule has 1 fully saturated rings. The molecule has 5 heteroatoms. The summed E-state index contributed by atoms with van der Waals surface area (Å²) in [5, 5.41) is 3.09. The quantitative estimate of drug-likeness (QED) is 0.851. The molecule has 0 radical (unpaired) electrons. The standard InChI is InChI=1S/C11H12N2O3/c1-2-4-10-9(3-1)13-11(16-10)12-5-8-6-14-7-15-8/h1-4,8H,5-7H2,(H,12,13). The molecule has 16 heavy (non-hydrogen) atoms. The van der Waals surface area contributed by atoms with Crippen molar-refractivity contribution in [2.24, 2.45) is 0 Å². The molecule has 1 aliphatic heterocycles. The van der Waals surface area contributed by atoms with Crippen molar-refractivity contribution in [2.45, 2.75) is 6.10 Å². The first-order chi connectivity index (χ1) is 7.92. The number of fused-ring (bicyclic) bond motifs is 1. The van der Waals surface area contributed by atoms with Crippen LogP contribution < -0.4 is 5.32 Å². The molecule has 0 spiro atoms. The summed E-state index contributed by atoms with van der Waals surface area (Å²) < 4.78 is 15.9. The predicted molar refractivity (Wildman–Crippen MR) is 58.2 cm³/mol. The van der Waals surface area contributed by atoms with Gasteiger partial charge in [0.05, 0.1) is 6.61 Å². The number of para-hydroxylation sites is 2. The molecule has 0 saturated carbocycles. The number of aromatic nitrogens is 1. The Hall–Kier alpha value is -1.59. The summed E-state index contributed by atoms with van der Waals surface area (Å²) in [7, 11) is 0. The second kappa shape index (κ2) is 4.11. The molecule has 1 saturated heterocycles. The van der Waals surface area contributed by atoms with E-state index >= 15 is 0 Å². The molecule has 3 rings (SSSR count). The summed E-state index contributed by atoms with van der Waals surface area (Å²) in [5.74, 6) is 0. The van der Waals surface area contributed by atoms with Crippen molar-refractivity contribution in [1.29, 1.82) is 0 Å². The largest absolute Gasteiger partial charge is 0.424 e. The molecule has 1 aliphatic rings. The van der Waals surface area contributed by atoms with Gasteiger partial charge in [0.2, 0.25) is 0 Å². The number of ether oxygens (including phenoxy) is 2. The zero-order valence-corrected chi connectivity index (χ0v) is 8.68. The molecule has 1 aromatic carbocycles. The van der Waals surface area contributed by atoms with Gasteiger partial charge >= 0.3 is 0 Å². The molecular formula is C11H12N2O3. The van der Waals surface area contributed by atoms with Crippen LogP contribution in [-0.2, 0) is 9.47 Å². The zero-order valence-electron chi connectivity index (χ0n) is 8.68. The third kappa shape index (κ3) is 1.87. The van der Waals surface area contributed by atoms with Crippen molar-refractivity contribution in [1.82, 2.24) is 4.98 Å². The lowest BCUT2D eigenvalue weighted by atomic mass is 10.3. The minimum absolute atomic E-state index is 0.0787. The first-order valence-corrected chi connectivity index (χ1v) is 5.20. The lowest BCUT2D eigenvalue weighted by Crippen LogP contribution is -2.21. The Morgan fingerprint density at radius 3 is 3.12 bits per heavy atom. The second-order valence-corrected chi connectivity index (χ2v) is 3.64. The topological polar surface area (TPSA) is 56.5 Å². The second-order valence-electron chi connectivity index (χ2n) is 3.64. The van der Waals surface area contributed by atoms with Gasteiger partial charge in [-0.15, -0.1) is 0 Å². The summed E-state index contributed by atoms with van der Waals surface area (Å²) in [6.45, 7) is 1.64. The van der Waals surface area contributed by atoms with Crippen LogP contribution in [0.5, 0.6) is 0 Å². The molecule has 1 unspecified atom stereocenters. The molecular weight excluding hydrogens is 208 g/mol. The number of benzene rings is 1. The van der Waals surface area contributed by atoms with Crippen molar-refractivity contribution in [3.8, 4) is 0 Å². The molecule has 1 atom stereocenters. The van der Waals surface area contributed by atoms with Crippen LogP contribution in [0, 0.1) is 0 Å². The Bertz CT molecular complexity index is 444. The average molecular weight is 220 g/mol. The van der Waals surface area contributed by atoms with Gasteiger partial charge in [-0.3, -0.25) is 0 Å². The van der Waals surface area contributed by atoms with Crippen LogP contribution in [0.2, 0.25) is 0 Å². The van der Waals surface area contributed by atoms with Crippen LogP contribution in [0.3, 0.4) is 0 Å². The zero-order chi connectivity index (χ0) is 10.8. The summed E-state index contributed by atoms with van der Waals surface area (Å²) in [6, 6.07) is 8.19. The average Bonchev–Trinajstić information content (AvgIpc) is 2.95. The van der Waals surface area contributed by atoms with Crippen molar-refractivity contribution in [3.05, 3.63) is 24.3 Å². The smallest absolute Gasteiger partial charge is 0.295 e. The first kappa shape index (κ1) is 9.62. The minimum atomic E-state index is 0.0787. The van der Waals surface area contributed by atoms with E-state index in [2.05, 4.69) is 10.3 Å². The van der Waals surface area contributed by atoms with Crippen LogP contribution in [0.1, 0.15) is 0 Å². The highest BCUT2D eigenvalue weighted by Crippen LogP contribution is 2.18. The monoisotopic (exact) mass is 220 g/mol. The fraction of sp³-hybridized carbons (Fsp3) is 0.364. The maximum atomic E-state index is 5.51. The lowest BCUT2D eigenvalue weighted by molar-refractivity contribution is 0.0499. The third-order valence-electron chi connectivity index (χ3n) is 2.47. The molecule has 1 N–H and O–H groups in total. The molecule has 0 amide bonds. The third-order valence-corrected chi connectivity index (χ3v) is 2.47. The maximum Gasteiger partial charge on any atom is 0.295 e. The number of hydrogen-bond donors (Lipinski definition) is 1. The van der Waals surface area contributed by atoms with Crippen LogP contribution in [0.15, 0.2) is 28.7 Å². The Balaban J connectivity index is 1.69. The highest BCUT2D eigenvalue weighted by molar-refractivity contribution is 5.74. The van der Waals surface area contributed by atoms with Crippen LogP contribution in [0.25, 0.3) is 11.1 Å². The van der Waals surface area contributed by atoms with Gasteiger partial charge in [-0.05, 0) is 12.1 Å². The lowest BCUT2D eigenvalue weighted by Gasteiger charge is -2.06. The first-order valence-electron chi connectivity index (χ1n) is 5.20. The van der Waals surface area contributed by atoms with Crippen molar-refractivity contribution in [2.75, 3.05) is 25.3 Å². The van der Waals surface area contributed by atoms with Crippen molar-refractivity contribution < 1.29 is 13.9 Å². The number of hydrogen-bond acceptors (Lipinski definition) is 5. The summed E-state index contributed by atoms with van der Waals surface area (Å²) >= 11 is 0. The van der Waals surface area contributed by atoms with Gasteiger partial charge in [0.15, 0.2) is 5.58 Å². The van der Waals surface area contributed by atoms with E-state index in [0.717, 1.165) is 11.1 Å². The molecule has 84 valence electrons. The van der Waals surface area contributed by atoms with E-state index in [1.807, 2.05) is 24.3 Å². The molecule has 1 aromatic heterocycles. The Morgan fingerprint density at radius 1 is 1.38 bits per heavy atom. The van der Waals surface area contributed by atoms with Crippen molar-refractivity contribution >= 4 is 17.1 Å². The Labute approximate surface area is 92.4 Å². The van der Waals surface area contributed by atoms with Gasteiger partial charge in [0.25, 0.3) is 6.01 Å². The van der Waals surface area contributed by atoms with E-state index in [-0.39, 0.29) is 6.10 Å². The fourth-order valence-electron chi connectivity index (χ4n) is 1.64. The van der Waals surface area contributed by atoms with Gasteiger partial charge in [-0.2, -0.15) is 4.98 Å². The number of anilines is 1. The number of nitrogens with zero attached hydrogens (tertiary/aromatic N) is 1. The minimum Gasteiger partial charge on any atom is -0.424 e. The van der Waals surface area contributed by atoms with Gasteiger partial charge in [0.1, 0.15) is 18.4 Å². The fourth-order valence-corrected chi connectivity index (χ4v) is 1.64. The normalized spacial score (nSPS) is 20.4. The number of nitrogens with one attached hydrogen (secondary N) is 1. The van der Waals surface area contributed by atoms with E-state index in [1.54, 1.807) is 0 Å². The van der Waals surface area contributed by atoms with E-state index < -0.39 is 0 Å². The van der Waals surface area contributed by atoms with E-state index in [0.29, 0.717) is 26.0 Å². The molecule has 0 aliphatic carbocycles. The highest BCUT2D eigenvalue weighted by atomic mass is 16.7. The summed E-state index contributed by atoms with van der Waals surface area (Å²) in [5.41, 5.74) is 1.64. The van der Waals surface area contributed by atoms with Crippen LogP contribution in [0.4, 0.5) is 6.01 Å².